The standard InChI is InChI=1S/C21H32N2O5/c1-6-7-8-13-27-17-11-9-16(10-12-17)20(26)28-15-19(25)23(5)14-18(24)22-21(2,3)4/h9-12H,6-8,13-15H2,1-5H3,(H,22,24). The van der Waals surface area contributed by atoms with Gasteiger partial charge in [0.25, 0.3) is 5.91 Å². The molecule has 0 aromatic heterocycles. The minimum atomic E-state index is -0.599. The van der Waals surface area contributed by atoms with E-state index in [9.17, 15) is 14.4 Å². The number of hydrogen-bond acceptors (Lipinski definition) is 5. The molecule has 0 bridgehead atoms. The predicted molar refractivity (Wildman–Crippen MR) is 107 cm³/mol. The molecule has 0 fully saturated rings. The lowest BCUT2D eigenvalue weighted by Crippen LogP contribution is -2.46. The van der Waals surface area contributed by atoms with Gasteiger partial charge in [-0.3, -0.25) is 9.59 Å². The van der Waals surface area contributed by atoms with E-state index < -0.39 is 18.5 Å². The van der Waals surface area contributed by atoms with Gasteiger partial charge in [-0.25, -0.2) is 4.79 Å². The van der Waals surface area contributed by atoms with Gasteiger partial charge in [0.1, 0.15) is 5.75 Å². The largest absolute Gasteiger partial charge is 0.494 e. The number of benzene rings is 1. The van der Waals surface area contributed by atoms with Crippen molar-refractivity contribution in [2.24, 2.45) is 0 Å². The smallest absolute Gasteiger partial charge is 0.338 e. The second-order valence-corrected chi connectivity index (χ2v) is 7.70. The number of likely N-dealkylation sites (N-methyl/N-ethyl adjacent to an activating group) is 1. The molecule has 0 saturated carbocycles. The molecule has 7 heteroatoms. The van der Waals surface area contributed by atoms with E-state index in [-0.39, 0.29) is 18.0 Å². The molecule has 1 N–H and O–H groups in total. The molecule has 7 nitrogen and oxygen atoms in total. The molecule has 28 heavy (non-hydrogen) atoms. The Balaban J connectivity index is 2.42. The minimum Gasteiger partial charge on any atom is -0.494 e. The summed E-state index contributed by atoms with van der Waals surface area (Å²) < 4.78 is 10.6. The van der Waals surface area contributed by atoms with Crippen molar-refractivity contribution in [3.05, 3.63) is 29.8 Å². The van der Waals surface area contributed by atoms with Gasteiger partial charge < -0.3 is 19.7 Å². The molecule has 2 amide bonds. The van der Waals surface area contributed by atoms with E-state index >= 15 is 0 Å². The van der Waals surface area contributed by atoms with Crippen LogP contribution in [0.1, 0.15) is 57.3 Å². The van der Waals surface area contributed by atoms with Gasteiger partial charge in [-0.1, -0.05) is 19.8 Å². The fourth-order valence-electron chi connectivity index (χ4n) is 2.31. The highest BCUT2D eigenvalue weighted by molar-refractivity contribution is 5.92. The van der Waals surface area contributed by atoms with Crippen LogP contribution in [0.25, 0.3) is 0 Å². The molecule has 0 unspecified atom stereocenters. The lowest BCUT2D eigenvalue weighted by Gasteiger charge is -2.23. The van der Waals surface area contributed by atoms with E-state index in [1.54, 1.807) is 24.3 Å². The molecule has 0 atom stereocenters. The van der Waals surface area contributed by atoms with Crippen LogP contribution in [-0.4, -0.2) is 55.0 Å². The van der Waals surface area contributed by atoms with Gasteiger partial charge in [0, 0.05) is 12.6 Å². The normalized spacial score (nSPS) is 10.9. The van der Waals surface area contributed by atoms with Gasteiger partial charge in [0.2, 0.25) is 5.91 Å². The van der Waals surface area contributed by atoms with Crippen LogP contribution in [0.5, 0.6) is 5.75 Å². The lowest BCUT2D eigenvalue weighted by molar-refractivity contribution is -0.137. The van der Waals surface area contributed by atoms with Gasteiger partial charge in [-0.15, -0.1) is 0 Å². The van der Waals surface area contributed by atoms with Gasteiger partial charge in [0.15, 0.2) is 6.61 Å². The predicted octanol–water partition coefficient (Wildman–Crippen LogP) is 2.79. The van der Waals surface area contributed by atoms with Crippen molar-refractivity contribution < 1.29 is 23.9 Å². The van der Waals surface area contributed by atoms with Crippen LogP contribution in [-0.2, 0) is 14.3 Å². The Morgan fingerprint density at radius 3 is 2.29 bits per heavy atom. The molecule has 0 aliphatic carbocycles. The summed E-state index contributed by atoms with van der Waals surface area (Å²) in [6.45, 7) is 7.82. The maximum absolute atomic E-state index is 12.1. The van der Waals surface area contributed by atoms with Crippen LogP contribution in [0, 0.1) is 0 Å². The summed E-state index contributed by atoms with van der Waals surface area (Å²) in [5.74, 6) is -0.635. The zero-order valence-corrected chi connectivity index (χ0v) is 17.5. The third-order valence-corrected chi connectivity index (χ3v) is 3.75. The van der Waals surface area contributed by atoms with Gasteiger partial charge in [0.05, 0.1) is 18.7 Å². The first kappa shape index (κ1) is 23.5. The second-order valence-electron chi connectivity index (χ2n) is 7.70. The second kappa shape index (κ2) is 11.3. The Hall–Kier alpha value is -2.57. The molecular weight excluding hydrogens is 360 g/mol. The number of nitrogens with zero attached hydrogens (tertiary/aromatic N) is 1. The summed E-state index contributed by atoms with van der Waals surface area (Å²) in [6, 6.07) is 6.60. The Labute approximate surface area is 167 Å². The fraction of sp³-hybridized carbons (Fsp3) is 0.571. The van der Waals surface area contributed by atoms with Crippen molar-refractivity contribution in [1.82, 2.24) is 10.2 Å². The van der Waals surface area contributed by atoms with Gasteiger partial charge >= 0.3 is 5.97 Å². The van der Waals surface area contributed by atoms with Gasteiger partial charge in [-0.05, 0) is 51.5 Å². The van der Waals surface area contributed by atoms with Crippen LogP contribution in [0.15, 0.2) is 24.3 Å². The lowest BCUT2D eigenvalue weighted by atomic mass is 10.1. The van der Waals surface area contributed by atoms with Crippen LogP contribution in [0.3, 0.4) is 0 Å². The molecule has 156 valence electrons. The number of carbonyl (C=O) groups excluding carboxylic acids is 3. The van der Waals surface area contributed by atoms with E-state index in [4.69, 9.17) is 9.47 Å². The Morgan fingerprint density at radius 1 is 1.07 bits per heavy atom. The first-order valence-corrected chi connectivity index (χ1v) is 9.57. The van der Waals surface area contributed by atoms with Crippen molar-refractivity contribution in [3.63, 3.8) is 0 Å². The summed E-state index contributed by atoms with van der Waals surface area (Å²) >= 11 is 0. The maximum Gasteiger partial charge on any atom is 0.338 e. The maximum atomic E-state index is 12.1. The number of esters is 1. The number of unbranched alkanes of at least 4 members (excludes halogenated alkanes) is 2. The highest BCUT2D eigenvalue weighted by Crippen LogP contribution is 2.13. The molecule has 0 spiro atoms. The Morgan fingerprint density at radius 2 is 1.71 bits per heavy atom. The number of carbonyl (C=O) groups is 3. The summed E-state index contributed by atoms with van der Waals surface area (Å²) in [4.78, 5) is 37.2. The molecule has 0 aliphatic rings. The third-order valence-electron chi connectivity index (χ3n) is 3.75. The summed E-state index contributed by atoms with van der Waals surface area (Å²) in [5.41, 5.74) is -0.0406. The minimum absolute atomic E-state index is 0.0995. The molecule has 0 saturated heterocycles. The zero-order chi connectivity index (χ0) is 21.2. The van der Waals surface area contributed by atoms with Crippen LogP contribution in [0.4, 0.5) is 0 Å². The number of rotatable bonds is 10. The van der Waals surface area contributed by atoms with Gasteiger partial charge in [-0.2, -0.15) is 0 Å². The fourth-order valence-corrected chi connectivity index (χ4v) is 2.31. The van der Waals surface area contributed by atoms with E-state index in [0.29, 0.717) is 17.9 Å². The van der Waals surface area contributed by atoms with Crippen molar-refractivity contribution in [2.45, 2.75) is 52.5 Å². The first-order chi connectivity index (χ1) is 13.1. The molecule has 0 aliphatic heterocycles. The Bertz CT molecular complexity index is 650. The van der Waals surface area contributed by atoms with E-state index in [1.807, 2.05) is 20.8 Å². The van der Waals surface area contributed by atoms with E-state index in [0.717, 1.165) is 19.3 Å². The molecule has 1 aromatic carbocycles. The molecule has 1 aromatic rings. The summed E-state index contributed by atoms with van der Waals surface area (Å²) in [6.07, 6.45) is 3.23. The molecule has 0 heterocycles. The molecular formula is C21H32N2O5. The molecule has 0 radical (unpaired) electrons. The van der Waals surface area contributed by atoms with Crippen LogP contribution < -0.4 is 10.1 Å². The molecule has 1 rings (SSSR count). The van der Waals surface area contributed by atoms with Crippen molar-refractivity contribution >= 4 is 17.8 Å². The Kier molecular flexibility index (Phi) is 9.48. The number of amides is 2. The highest BCUT2D eigenvalue weighted by atomic mass is 16.5. The van der Waals surface area contributed by atoms with Crippen LogP contribution >= 0.6 is 0 Å². The first-order valence-electron chi connectivity index (χ1n) is 9.57. The average Bonchev–Trinajstić information content (AvgIpc) is 2.61. The number of hydrogen-bond donors (Lipinski definition) is 1. The SMILES string of the molecule is CCCCCOc1ccc(C(=O)OCC(=O)N(C)CC(=O)NC(C)(C)C)cc1. The van der Waals surface area contributed by atoms with E-state index in [2.05, 4.69) is 12.2 Å². The third kappa shape index (κ3) is 9.39. The summed E-state index contributed by atoms with van der Waals surface area (Å²) in [7, 11) is 1.49. The quantitative estimate of drug-likeness (QED) is 0.489. The summed E-state index contributed by atoms with van der Waals surface area (Å²) in [5, 5.41) is 2.77. The number of nitrogens with one attached hydrogen (secondary N) is 1. The monoisotopic (exact) mass is 392 g/mol. The topological polar surface area (TPSA) is 84.9 Å². The van der Waals surface area contributed by atoms with Crippen molar-refractivity contribution in [1.29, 1.82) is 0 Å². The van der Waals surface area contributed by atoms with E-state index in [1.165, 1.54) is 11.9 Å². The number of ether oxygens (including phenoxy) is 2. The highest BCUT2D eigenvalue weighted by Gasteiger charge is 2.19. The van der Waals surface area contributed by atoms with Crippen molar-refractivity contribution in [3.8, 4) is 5.75 Å². The van der Waals surface area contributed by atoms with Crippen molar-refractivity contribution in [2.75, 3.05) is 26.8 Å². The zero-order valence-electron chi connectivity index (χ0n) is 17.5. The van der Waals surface area contributed by atoms with Crippen LogP contribution in [0.2, 0.25) is 0 Å². The average molecular weight is 392 g/mol.